The van der Waals surface area contributed by atoms with Gasteiger partial charge >= 0.3 is 5.97 Å². The quantitative estimate of drug-likeness (QED) is 0.551. The second kappa shape index (κ2) is 8.91. The number of esters is 1. The summed E-state index contributed by atoms with van der Waals surface area (Å²) >= 11 is 0. The van der Waals surface area contributed by atoms with E-state index in [0.717, 1.165) is 32.1 Å². The van der Waals surface area contributed by atoms with Crippen molar-refractivity contribution in [3.05, 3.63) is 0 Å². The van der Waals surface area contributed by atoms with Gasteiger partial charge in [0.2, 0.25) is 5.91 Å². The second-order valence-electron chi connectivity index (χ2n) is 4.56. The minimum absolute atomic E-state index is 0.119. The van der Waals surface area contributed by atoms with Crippen molar-refractivity contribution >= 4 is 11.9 Å². The highest BCUT2D eigenvalue weighted by Crippen LogP contribution is 2.14. The molecule has 1 aliphatic heterocycles. The summed E-state index contributed by atoms with van der Waals surface area (Å²) in [7, 11) is 1.40. The Bertz CT molecular complexity index is 262. The molecular formula is C13H23NO4. The predicted molar refractivity (Wildman–Crippen MR) is 67.0 cm³/mol. The van der Waals surface area contributed by atoms with Gasteiger partial charge in [0.15, 0.2) is 0 Å². The highest BCUT2D eigenvalue weighted by atomic mass is 16.5. The van der Waals surface area contributed by atoms with Crippen LogP contribution in [0.3, 0.4) is 0 Å². The van der Waals surface area contributed by atoms with Crippen LogP contribution in [0.2, 0.25) is 0 Å². The van der Waals surface area contributed by atoms with Crippen LogP contribution in [0, 0.1) is 5.92 Å². The normalized spacial score (nSPS) is 16.3. The molecule has 0 atom stereocenters. The number of hydrogen-bond donors (Lipinski definition) is 1. The van der Waals surface area contributed by atoms with Crippen molar-refractivity contribution in [1.82, 2.24) is 5.32 Å². The first-order chi connectivity index (χ1) is 8.74. The molecule has 5 heteroatoms. The lowest BCUT2D eigenvalue weighted by Gasteiger charge is -2.21. The van der Waals surface area contributed by atoms with E-state index in [4.69, 9.17) is 4.74 Å². The summed E-state index contributed by atoms with van der Waals surface area (Å²) in [5.74, 6) is 0.0985. The lowest BCUT2D eigenvalue weighted by atomic mass is 9.99. The summed E-state index contributed by atoms with van der Waals surface area (Å²) in [5, 5.41) is 2.94. The van der Waals surface area contributed by atoms with Crippen molar-refractivity contribution in [3.63, 3.8) is 0 Å². The third-order valence-electron chi connectivity index (χ3n) is 3.18. The Hall–Kier alpha value is -1.10. The number of nitrogens with one attached hydrogen (secondary N) is 1. The lowest BCUT2D eigenvalue weighted by Crippen LogP contribution is -2.34. The molecule has 0 spiro atoms. The summed E-state index contributed by atoms with van der Waals surface area (Å²) in [6, 6.07) is 0. The largest absolute Gasteiger partial charge is 0.469 e. The molecule has 0 unspecified atom stereocenters. The molecule has 5 nitrogen and oxygen atoms in total. The average Bonchev–Trinajstić information content (AvgIpc) is 2.43. The van der Waals surface area contributed by atoms with Gasteiger partial charge in [-0.1, -0.05) is 6.42 Å². The van der Waals surface area contributed by atoms with Crippen LogP contribution < -0.4 is 5.32 Å². The molecule has 0 radical (unpaired) electrons. The molecule has 1 amide bonds. The molecule has 18 heavy (non-hydrogen) atoms. The fraction of sp³-hybridized carbons (Fsp3) is 0.846. The summed E-state index contributed by atoms with van der Waals surface area (Å²) in [4.78, 5) is 22.6. The van der Waals surface area contributed by atoms with Gasteiger partial charge in [-0.15, -0.1) is 0 Å². The maximum atomic E-state index is 11.7. The van der Waals surface area contributed by atoms with Crippen molar-refractivity contribution < 1.29 is 19.1 Å². The zero-order valence-corrected chi connectivity index (χ0v) is 11.1. The van der Waals surface area contributed by atoms with Crippen LogP contribution in [0.25, 0.3) is 0 Å². The summed E-state index contributed by atoms with van der Waals surface area (Å²) in [6.07, 6.45) is 4.78. The van der Waals surface area contributed by atoms with E-state index >= 15 is 0 Å². The van der Waals surface area contributed by atoms with Crippen LogP contribution in [0.1, 0.15) is 38.5 Å². The van der Waals surface area contributed by atoms with E-state index in [9.17, 15) is 9.59 Å². The van der Waals surface area contributed by atoms with Crippen molar-refractivity contribution in [1.29, 1.82) is 0 Å². The zero-order valence-electron chi connectivity index (χ0n) is 11.1. The molecule has 1 N–H and O–H groups in total. The number of hydrogen-bond acceptors (Lipinski definition) is 4. The molecule has 104 valence electrons. The van der Waals surface area contributed by atoms with Gasteiger partial charge in [-0.25, -0.2) is 0 Å². The number of unbranched alkanes of at least 4 members (excludes halogenated alkanes) is 2. The Morgan fingerprint density at radius 2 is 1.94 bits per heavy atom. The van der Waals surface area contributed by atoms with E-state index in [1.165, 1.54) is 7.11 Å². The van der Waals surface area contributed by atoms with Gasteiger partial charge < -0.3 is 14.8 Å². The van der Waals surface area contributed by atoms with E-state index in [1.54, 1.807) is 0 Å². The number of carbonyl (C=O) groups excluding carboxylic acids is 2. The van der Waals surface area contributed by atoms with E-state index < -0.39 is 0 Å². The zero-order chi connectivity index (χ0) is 13.2. The molecule has 1 saturated heterocycles. The van der Waals surface area contributed by atoms with Crippen LogP contribution in [-0.4, -0.2) is 38.7 Å². The van der Waals surface area contributed by atoms with Gasteiger partial charge in [-0.3, -0.25) is 9.59 Å². The van der Waals surface area contributed by atoms with E-state index in [1.807, 2.05) is 0 Å². The van der Waals surface area contributed by atoms with Crippen molar-refractivity contribution in [3.8, 4) is 0 Å². The molecule has 1 fully saturated rings. The van der Waals surface area contributed by atoms with Crippen molar-refractivity contribution in [2.24, 2.45) is 5.92 Å². The molecular weight excluding hydrogens is 234 g/mol. The Morgan fingerprint density at radius 1 is 1.22 bits per heavy atom. The fourth-order valence-corrected chi connectivity index (χ4v) is 1.99. The molecule has 0 aliphatic carbocycles. The van der Waals surface area contributed by atoms with E-state index in [2.05, 4.69) is 10.1 Å². The first kappa shape index (κ1) is 15.0. The molecule has 1 aliphatic rings. The van der Waals surface area contributed by atoms with Crippen LogP contribution in [0.4, 0.5) is 0 Å². The summed E-state index contributed by atoms with van der Waals surface area (Å²) < 4.78 is 9.77. The number of methoxy groups -OCH3 is 1. The first-order valence-electron chi connectivity index (χ1n) is 6.66. The number of carbonyl (C=O) groups is 2. The third-order valence-corrected chi connectivity index (χ3v) is 3.18. The Balaban J connectivity index is 1.96. The topological polar surface area (TPSA) is 64.6 Å². The van der Waals surface area contributed by atoms with Gasteiger partial charge in [0.05, 0.1) is 7.11 Å². The van der Waals surface area contributed by atoms with Gasteiger partial charge in [-0.05, 0) is 25.7 Å². The Morgan fingerprint density at radius 3 is 2.61 bits per heavy atom. The molecule has 0 saturated carbocycles. The first-order valence-corrected chi connectivity index (χ1v) is 6.66. The van der Waals surface area contributed by atoms with Crippen LogP contribution in [0.5, 0.6) is 0 Å². The molecule has 0 aromatic rings. The molecule has 1 rings (SSSR count). The summed E-state index contributed by atoms with van der Waals surface area (Å²) in [5.41, 5.74) is 0. The maximum absolute atomic E-state index is 11.7. The standard InChI is InChI=1S/C13H23NO4/c1-17-12(15)5-3-2-4-8-14-13(16)11-6-9-18-10-7-11/h11H,2-10H2,1H3,(H,14,16). The smallest absolute Gasteiger partial charge is 0.305 e. The lowest BCUT2D eigenvalue weighted by molar-refractivity contribution is -0.140. The predicted octanol–water partition coefficient (Wildman–Crippen LogP) is 1.26. The number of ether oxygens (including phenoxy) is 2. The molecule has 0 aromatic carbocycles. The highest BCUT2D eigenvalue weighted by Gasteiger charge is 2.20. The van der Waals surface area contributed by atoms with Gasteiger partial charge in [0, 0.05) is 32.1 Å². The maximum Gasteiger partial charge on any atom is 0.305 e. The minimum atomic E-state index is -0.166. The fourth-order valence-electron chi connectivity index (χ4n) is 1.99. The second-order valence-corrected chi connectivity index (χ2v) is 4.56. The van der Waals surface area contributed by atoms with Gasteiger partial charge in [0.25, 0.3) is 0 Å². The average molecular weight is 257 g/mol. The summed E-state index contributed by atoms with van der Waals surface area (Å²) in [6.45, 7) is 2.08. The SMILES string of the molecule is COC(=O)CCCCCNC(=O)C1CCOCC1. The van der Waals surface area contributed by atoms with Crippen LogP contribution >= 0.6 is 0 Å². The molecule has 0 aromatic heterocycles. The Labute approximate surface area is 108 Å². The third kappa shape index (κ3) is 6.00. The Kier molecular flexibility index (Phi) is 7.41. The number of rotatable bonds is 7. The van der Waals surface area contributed by atoms with Crippen LogP contribution in [0.15, 0.2) is 0 Å². The monoisotopic (exact) mass is 257 g/mol. The molecule has 0 bridgehead atoms. The van der Waals surface area contributed by atoms with Crippen LogP contribution in [-0.2, 0) is 19.1 Å². The van der Waals surface area contributed by atoms with Gasteiger partial charge in [0.1, 0.15) is 0 Å². The van der Waals surface area contributed by atoms with E-state index in [-0.39, 0.29) is 17.8 Å². The van der Waals surface area contributed by atoms with Crippen molar-refractivity contribution in [2.75, 3.05) is 26.9 Å². The van der Waals surface area contributed by atoms with Gasteiger partial charge in [-0.2, -0.15) is 0 Å². The number of amides is 1. The van der Waals surface area contributed by atoms with Crippen molar-refractivity contribution in [2.45, 2.75) is 38.5 Å². The van der Waals surface area contributed by atoms with E-state index in [0.29, 0.717) is 26.2 Å². The molecule has 1 heterocycles. The highest BCUT2D eigenvalue weighted by molar-refractivity contribution is 5.78. The minimum Gasteiger partial charge on any atom is -0.469 e.